The van der Waals surface area contributed by atoms with Crippen molar-refractivity contribution in [2.24, 2.45) is 16.5 Å². The molecule has 0 aliphatic carbocycles. The number of ketones is 1. The molecule has 0 saturated heterocycles. The van der Waals surface area contributed by atoms with Gasteiger partial charge in [0.2, 0.25) is 0 Å². The summed E-state index contributed by atoms with van der Waals surface area (Å²) in [5.74, 6) is -0.0968. The van der Waals surface area contributed by atoms with E-state index in [1.54, 1.807) is 12.1 Å². The average Bonchev–Trinajstić information content (AvgIpc) is 2.92. The lowest BCUT2D eigenvalue weighted by molar-refractivity contribution is 0.103. The summed E-state index contributed by atoms with van der Waals surface area (Å²) < 4.78 is 0. The molecule has 0 spiro atoms. The first-order valence-corrected chi connectivity index (χ1v) is 11.3. The van der Waals surface area contributed by atoms with Gasteiger partial charge >= 0.3 is 0 Å². The lowest BCUT2D eigenvalue weighted by atomic mass is 10.0. The van der Waals surface area contributed by atoms with Crippen molar-refractivity contribution in [3.8, 4) is 0 Å². The van der Waals surface area contributed by atoms with E-state index in [-0.39, 0.29) is 12.3 Å². The van der Waals surface area contributed by atoms with Gasteiger partial charge in [0.15, 0.2) is 5.78 Å². The smallest absolute Gasteiger partial charge is 0.192 e. The summed E-state index contributed by atoms with van der Waals surface area (Å²) in [7, 11) is 1.50. The molecule has 0 unspecified atom stereocenters. The van der Waals surface area contributed by atoms with Gasteiger partial charge in [-0.25, -0.2) is 0 Å². The summed E-state index contributed by atoms with van der Waals surface area (Å²) in [6.45, 7) is 16.9. The lowest BCUT2D eigenvalue weighted by Crippen LogP contribution is -2.08. The summed E-state index contributed by atoms with van der Waals surface area (Å²) in [6, 6.07) is 23.9. The number of nitrogens with one attached hydrogen (secondary N) is 1. The Morgan fingerprint density at radius 3 is 1.91 bits per heavy atom. The molecule has 0 saturated carbocycles. The number of aryl methyl sites for hydroxylation is 3. The highest BCUT2D eigenvalue weighted by atomic mass is 16.1. The molecule has 3 aromatic rings. The van der Waals surface area contributed by atoms with Crippen molar-refractivity contribution in [1.82, 2.24) is 0 Å². The summed E-state index contributed by atoms with van der Waals surface area (Å²) in [4.78, 5) is 15.4. The standard InChI is InChI=1S/C16H19N.C11H12N2O.C2H4.CH5N/c1-12-9-14(3)16(10-13(12)2)17-11-15-7-5-4-6-8-15;1-13-8-10(7-12)11(14)9-5-3-2-4-6-9;2*1-2/h4-10,17H,11H2,1-3H3;2-7H,1,8,12H2;1-2H2;2H2,1H3/b;10-7+;;. The Morgan fingerprint density at radius 2 is 1.40 bits per heavy atom. The van der Waals surface area contributed by atoms with Gasteiger partial charge in [-0.3, -0.25) is 9.79 Å². The van der Waals surface area contributed by atoms with E-state index in [1.165, 1.54) is 41.2 Å². The predicted molar refractivity (Wildman–Crippen MR) is 153 cm³/mol. The first-order chi connectivity index (χ1) is 17.0. The number of carbonyl (C=O) groups is 1. The first-order valence-electron chi connectivity index (χ1n) is 11.3. The molecule has 0 bridgehead atoms. The van der Waals surface area contributed by atoms with Crippen molar-refractivity contribution in [3.05, 3.63) is 126 Å². The van der Waals surface area contributed by atoms with Crippen LogP contribution in [-0.4, -0.2) is 26.1 Å². The number of hydrogen-bond acceptors (Lipinski definition) is 5. The molecule has 0 fully saturated rings. The second-order valence-electron chi connectivity index (χ2n) is 7.36. The minimum absolute atomic E-state index is 0.0968. The maximum absolute atomic E-state index is 11.7. The van der Waals surface area contributed by atoms with Crippen LogP contribution in [0.5, 0.6) is 0 Å². The molecule has 35 heavy (non-hydrogen) atoms. The van der Waals surface area contributed by atoms with Crippen LogP contribution in [0.15, 0.2) is 103 Å². The molecule has 0 heterocycles. The van der Waals surface area contributed by atoms with Crippen molar-refractivity contribution in [2.75, 3.05) is 18.9 Å². The van der Waals surface area contributed by atoms with E-state index < -0.39 is 0 Å². The number of aliphatic imine (C=N–C) groups is 1. The molecular weight excluding hydrogens is 432 g/mol. The van der Waals surface area contributed by atoms with Crippen molar-refractivity contribution in [1.29, 1.82) is 0 Å². The summed E-state index contributed by atoms with van der Waals surface area (Å²) >= 11 is 0. The zero-order valence-electron chi connectivity index (χ0n) is 21.6. The van der Waals surface area contributed by atoms with Crippen molar-refractivity contribution in [3.63, 3.8) is 0 Å². The molecule has 5 nitrogen and oxygen atoms in total. The van der Waals surface area contributed by atoms with E-state index in [4.69, 9.17) is 5.73 Å². The van der Waals surface area contributed by atoms with Crippen LogP contribution in [-0.2, 0) is 6.54 Å². The monoisotopic (exact) mass is 472 g/mol. The Balaban J connectivity index is 0.000000587. The third-order valence-corrected chi connectivity index (χ3v) is 4.98. The summed E-state index contributed by atoms with van der Waals surface area (Å²) in [5.41, 5.74) is 17.5. The fourth-order valence-corrected chi connectivity index (χ4v) is 3.04. The van der Waals surface area contributed by atoms with Gasteiger partial charge in [-0.2, -0.15) is 0 Å². The Kier molecular flexibility index (Phi) is 16.4. The topological polar surface area (TPSA) is 93.5 Å². The molecule has 0 atom stereocenters. The first kappa shape index (κ1) is 31.0. The number of rotatable bonds is 7. The number of hydrogen-bond donors (Lipinski definition) is 3. The molecule has 0 aromatic heterocycles. The quantitative estimate of drug-likeness (QED) is 0.170. The molecule has 0 radical (unpaired) electrons. The third-order valence-electron chi connectivity index (χ3n) is 4.98. The second kappa shape index (κ2) is 18.5. The van der Waals surface area contributed by atoms with Crippen LogP contribution in [0.2, 0.25) is 0 Å². The Hall–Kier alpha value is -3.96. The number of nitrogens with zero attached hydrogens (tertiary/aromatic N) is 1. The fourth-order valence-electron chi connectivity index (χ4n) is 3.04. The maximum Gasteiger partial charge on any atom is 0.192 e. The van der Waals surface area contributed by atoms with Crippen LogP contribution in [0, 0.1) is 20.8 Å². The fraction of sp³-hybridized carbons (Fsp3) is 0.200. The maximum atomic E-state index is 11.7. The highest BCUT2D eigenvalue weighted by Gasteiger charge is 2.09. The number of benzene rings is 3. The van der Waals surface area contributed by atoms with Gasteiger partial charge in [-0.05, 0) is 62.9 Å². The normalized spacial score (nSPS) is 9.69. The van der Waals surface area contributed by atoms with Crippen molar-refractivity contribution < 1.29 is 4.79 Å². The zero-order chi connectivity index (χ0) is 26.6. The van der Waals surface area contributed by atoms with Gasteiger partial charge in [0.05, 0.1) is 6.54 Å². The molecule has 5 heteroatoms. The highest BCUT2D eigenvalue weighted by molar-refractivity contribution is 6.08. The molecular formula is C30H40N4O. The second-order valence-corrected chi connectivity index (χ2v) is 7.36. The SMILES string of the molecule is C=C.C=NC/C(=C\N)C(=O)c1ccccc1.CN.Cc1cc(C)c(NCc2ccccc2)cc1C. The van der Waals surface area contributed by atoms with Crippen molar-refractivity contribution in [2.45, 2.75) is 27.3 Å². The number of anilines is 1. The Morgan fingerprint density at radius 1 is 0.886 bits per heavy atom. The van der Waals surface area contributed by atoms with Gasteiger partial charge in [-0.1, -0.05) is 66.7 Å². The third kappa shape index (κ3) is 11.1. The molecule has 0 aliphatic rings. The van der Waals surface area contributed by atoms with Crippen LogP contribution in [0.1, 0.15) is 32.6 Å². The van der Waals surface area contributed by atoms with Crippen LogP contribution in [0.3, 0.4) is 0 Å². The molecule has 3 aromatic carbocycles. The minimum atomic E-state index is -0.0968. The van der Waals surface area contributed by atoms with E-state index in [1.807, 2.05) is 24.3 Å². The number of nitrogens with two attached hydrogens (primary N) is 2. The molecule has 186 valence electrons. The van der Waals surface area contributed by atoms with Crippen LogP contribution >= 0.6 is 0 Å². The molecule has 3 rings (SSSR count). The van der Waals surface area contributed by atoms with E-state index in [2.05, 4.69) is 93.1 Å². The average molecular weight is 473 g/mol. The van der Waals surface area contributed by atoms with Crippen LogP contribution < -0.4 is 16.8 Å². The van der Waals surface area contributed by atoms with Gasteiger partial charge in [0.25, 0.3) is 0 Å². The van der Waals surface area contributed by atoms with Gasteiger partial charge in [-0.15, -0.1) is 13.2 Å². The van der Waals surface area contributed by atoms with E-state index >= 15 is 0 Å². The highest BCUT2D eigenvalue weighted by Crippen LogP contribution is 2.20. The molecule has 0 amide bonds. The Labute approximate surface area is 211 Å². The van der Waals surface area contributed by atoms with Crippen molar-refractivity contribution >= 4 is 18.2 Å². The van der Waals surface area contributed by atoms with E-state index in [9.17, 15) is 4.79 Å². The number of Topliss-reactive ketones (excluding diaryl/α,β-unsaturated/α-hetero) is 1. The van der Waals surface area contributed by atoms with Crippen LogP contribution in [0.4, 0.5) is 5.69 Å². The van der Waals surface area contributed by atoms with Gasteiger partial charge in [0.1, 0.15) is 0 Å². The van der Waals surface area contributed by atoms with E-state index in [0.29, 0.717) is 11.1 Å². The predicted octanol–water partition coefficient (Wildman–Crippen LogP) is 6.01. The van der Waals surface area contributed by atoms with Gasteiger partial charge in [0, 0.05) is 29.6 Å². The summed E-state index contributed by atoms with van der Waals surface area (Å²) in [6.07, 6.45) is 1.28. The lowest BCUT2D eigenvalue weighted by Gasteiger charge is -2.12. The van der Waals surface area contributed by atoms with Gasteiger partial charge < -0.3 is 16.8 Å². The largest absolute Gasteiger partial charge is 0.404 e. The van der Waals surface area contributed by atoms with Crippen LogP contribution in [0.25, 0.3) is 0 Å². The molecule has 5 N–H and O–H groups in total. The Bertz CT molecular complexity index is 1040. The minimum Gasteiger partial charge on any atom is -0.404 e. The molecule has 0 aliphatic heterocycles. The summed E-state index contributed by atoms with van der Waals surface area (Å²) in [5, 5.41) is 3.50. The number of carbonyl (C=O) groups excluding carboxylic acids is 1. The van der Waals surface area contributed by atoms with E-state index in [0.717, 1.165) is 6.54 Å². The zero-order valence-corrected chi connectivity index (χ0v) is 21.6.